The maximum atomic E-state index is 14.5. The number of aliphatic hydroxyl groups excluding tert-OH is 1. The number of para-hydroxylation sites is 1. The first-order valence-corrected chi connectivity index (χ1v) is 13.6. The van der Waals surface area contributed by atoms with E-state index in [-0.39, 0.29) is 24.3 Å². The highest BCUT2D eigenvalue weighted by atomic mass is 35.5. The number of carbonyl (C=O) groups excluding carboxylic acids is 3. The Labute approximate surface area is 221 Å². The first-order valence-electron chi connectivity index (χ1n) is 12.4. The zero-order chi connectivity index (χ0) is 26.0. The molecule has 7 nitrogen and oxygen atoms in total. The van der Waals surface area contributed by atoms with Gasteiger partial charge in [-0.3, -0.25) is 14.4 Å². The molecule has 192 valence electrons. The van der Waals surface area contributed by atoms with Gasteiger partial charge in [0.1, 0.15) is 6.04 Å². The molecule has 5 rings (SSSR count). The summed E-state index contributed by atoms with van der Waals surface area (Å²) >= 11 is 8.13. The summed E-state index contributed by atoms with van der Waals surface area (Å²) in [6.45, 7) is 6.33. The van der Waals surface area contributed by atoms with Crippen molar-refractivity contribution in [1.82, 2.24) is 9.80 Å². The number of anilines is 1. The predicted octanol–water partition coefficient (Wildman–Crippen LogP) is 3.04. The van der Waals surface area contributed by atoms with Crippen LogP contribution in [0.15, 0.2) is 42.5 Å². The van der Waals surface area contributed by atoms with Crippen molar-refractivity contribution in [2.45, 2.75) is 48.8 Å². The number of likely N-dealkylation sites (N-methyl/N-ethyl adjacent to an activating group) is 1. The Bertz CT molecular complexity index is 1160. The van der Waals surface area contributed by atoms with E-state index in [0.29, 0.717) is 30.2 Å². The average molecular weight is 530 g/mol. The third-order valence-corrected chi connectivity index (χ3v) is 10.3. The van der Waals surface area contributed by atoms with E-state index in [4.69, 9.17) is 11.6 Å². The minimum absolute atomic E-state index is 0.0910. The van der Waals surface area contributed by atoms with Crippen molar-refractivity contribution >= 4 is 46.8 Å². The lowest BCUT2D eigenvalue weighted by Crippen LogP contribution is -2.57. The van der Waals surface area contributed by atoms with Crippen LogP contribution in [0.3, 0.4) is 0 Å². The van der Waals surface area contributed by atoms with Crippen LogP contribution in [-0.2, 0) is 14.4 Å². The molecule has 2 saturated heterocycles. The molecule has 0 saturated carbocycles. The van der Waals surface area contributed by atoms with E-state index in [2.05, 4.69) is 0 Å². The Balaban J connectivity index is 1.71. The van der Waals surface area contributed by atoms with Gasteiger partial charge in [0.25, 0.3) is 5.91 Å². The van der Waals surface area contributed by atoms with Gasteiger partial charge < -0.3 is 19.8 Å². The van der Waals surface area contributed by atoms with Crippen molar-refractivity contribution in [3.63, 3.8) is 0 Å². The number of thioether (sulfide) groups is 1. The molecule has 2 fully saturated rings. The van der Waals surface area contributed by atoms with Gasteiger partial charge in [0.15, 0.2) is 0 Å². The molecule has 0 aliphatic carbocycles. The number of amides is 3. The minimum atomic E-state index is -0.946. The number of rotatable bonds is 4. The Morgan fingerprint density at radius 1 is 1.11 bits per heavy atom. The maximum absolute atomic E-state index is 14.5. The number of hydrogen-bond donors (Lipinski definition) is 1. The Kier molecular flexibility index (Phi) is 6.29. The van der Waals surface area contributed by atoms with Crippen LogP contribution < -0.4 is 4.90 Å². The molecule has 0 aromatic heterocycles. The van der Waals surface area contributed by atoms with Gasteiger partial charge in [0.2, 0.25) is 11.8 Å². The molecule has 0 bridgehead atoms. The SMILES string of the molecule is CC[C@@H](CO)N1C(=O)[C@@H]2[C@H]3C(=O)N(C)CC=C[C@@]3(C)S[C@@]23C=CCN(c2c(C)cccc2Cl)C(=O)C13. The van der Waals surface area contributed by atoms with Crippen molar-refractivity contribution < 1.29 is 19.5 Å². The summed E-state index contributed by atoms with van der Waals surface area (Å²) in [5.41, 5.74) is 1.48. The average Bonchev–Trinajstić information content (AvgIpc) is 3.11. The van der Waals surface area contributed by atoms with Crippen molar-refractivity contribution in [2.75, 3.05) is 31.6 Å². The summed E-state index contributed by atoms with van der Waals surface area (Å²) in [6.07, 6.45) is 8.42. The minimum Gasteiger partial charge on any atom is -0.394 e. The summed E-state index contributed by atoms with van der Waals surface area (Å²) < 4.78 is -1.59. The van der Waals surface area contributed by atoms with Crippen LogP contribution in [-0.4, -0.2) is 80.9 Å². The highest BCUT2D eigenvalue weighted by Crippen LogP contribution is 2.66. The highest BCUT2D eigenvalue weighted by Gasteiger charge is 2.74. The van der Waals surface area contributed by atoms with Crippen molar-refractivity contribution in [3.05, 3.63) is 53.1 Å². The summed E-state index contributed by atoms with van der Waals surface area (Å²) in [7, 11) is 1.75. The molecular weight excluding hydrogens is 498 g/mol. The molecule has 1 aromatic rings. The highest BCUT2D eigenvalue weighted by molar-refractivity contribution is 8.02. The number of carbonyl (C=O) groups is 3. The quantitative estimate of drug-likeness (QED) is 0.606. The van der Waals surface area contributed by atoms with E-state index in [1.54, 1.807) is 39.6 Å². The lowest BCUT2D eigenvalue weighted by atomic mass is 9.74. The predicted molar refractivity (Wildman–Crippen MR) is 142 cm³/mol. The largest absolute Gasteiger partial charge is 0.394 e. The van der Waals surface area contributed by atoms with Gasteiger partial charge in [0, 0.05) is 24.9 Å². The summed E-state index contributed by atoms with van der Waals surface area (Å²) in [5.74, 6) is -1.91. The maximum Gasteiger partial charge on any atom is 0.251 e. The molecule has 1 aromatic carbocycles. The first kappa shape index (κ1) is 25.4. The van der Waals surface area contributed by atoms with Crippen LogP contribution in [0.5, 0.6) is 0 Å². The molecule has 0 radical (unpaired) electrons. The van der Waals surface area contributed by atoms with E-state index >= 15 is 0 Å². The second kappa shape index (κ2) is 8.92. The summed E-state index contributed by atoms with van der Waals surface area (Å²) in [5, 5.41) is 10.7. The van der Waals surface area contributed by atoms with Gasteiger partial charge in [0.05, 0.1) is 39.9 Å². The van der Waals surface area contributed by atoms with Crippen LogP contribution in [0, 0.1) is 18.8 Å². The monoisotopic (exact) mass is 529 g/mol. The number of benzene rings is 1. The Hall–Kier alpha value is -2.29. The van der Waals surface area contributed by atoms with E-state index in [1.807, 2.05) is 57.2 Å². The molecule has 1 unspecified atom stereocenters. The second-order valence-electron chi connectivity index (χ2n) is 10.4. The van der Waals surface area contributed by atoms with E-state index < -0.39 is 33.4 Å². The van der Waals surface area contributed by atoms with Gasteiger partial charge in [-0.05, 0) is 31.9 Å². The van der Waals surface area contributed by atoms with E-state index in [9.17, 15) is 19.5 Å². The third-order valence-electron chi connectivity index (χ3n) is 8.23. The van der Waals surface area contributed by atoms with Gasteiger partial charge >= 0.3 is 0 Å². The van der Waals surface area contributed by atoms with Gasteiger partial charge in [-0.25, -0.2) is 0 Å². The van der Waals surface area contributed by atoms with Crippen molar-refractivity contribution in [3.8, 4) is 0 Å². The fourth-order valence-corrected chi connectivity index (χ4v) is 9.02. The van der Waals surface area contributed by atoms with Gasteiger partial charge in [-0.2, -0.15) is 0 Å². The lowest BCUT2D eigenvalue weighted by Gasteiger charge is -2.39. The standard InChI is InChI=1S/C27H32ClN3O4S/c1-5-17(15-32)31-22-25(35)30(21-16(2)9-6-10-18(21)28)14-8-12-27(22)20(24(31)34)19-23(33)29(4)13-7-11-26(19,3)36-27/h6-12,17,19-20,22,32H,5,13-15H2,1-4H3/t17-,19-,20-,22?,26+,27-/m0/s1. The molecule has 1 N–H and O–H groups in total. The third kappa shape index (κ3) is 3.41. The lowest BCUT2D eigenvalue weighted by molar-refractivity contribution is -0.144. The van der Waals surface area contributed by atoms with Crippen molar-refractivity contribution in [2.24, 2.45) is 11.8 Å². The molecule has 4 aliphatic heterocycles. The molecule has 1 spiro atoms. The number of aryl methyl sites for hydroxylation is 1. The molecule has 36 heavy (non-hydrogen) atoms. The number of halogens is 1. The van der Waals surface area contributed by atoms with E-state index in [1.165, 1.54) is 0 Å². The number of fused-ring (bicyclic) bond motifs is 2. The van der Waals surface area contributed by atoms with Crippen molar-refractivity contribution in [1.29, 1.82) is 0 Å². The first-order chi connectivity index (χ1) is 17.1. The second-order valence-corrected chi connectivity index (χ2v) is 12.6. The summed E-state index contributed by atoms with van der Waals surface area (Å²) in [4.78, 5) is 47.3. The van der Waals surface area contributed by atoms with Crippen LogP contribution in [0.2, 0.25) is 5.02 Å². The summed E-state index contributed by atoms with van der Waals surface area (Å²) in [6, 6.07) is 4.10. The number of aliphatic hydroxyl groups is 1. The van der Waals surface area contributed by atoms with Crippen LogP contribution >= 0.6 is 23.4 Å². The molecule has 3 amide bonds. The van der Waals surface area contributed by atoms with Crippen LogP contribution in [0.4, 0.5) is 5.69 Å². The molecule has 4 heterocycles. The number of likely N-dealkylation sites (tertiary alicyclic amines) is 1. The normalized spacial score (nSPS) is 34.4. The number of nitrogens with zero attached hydrogens (tertiary/aromatic N) is 3. The molecule has 4 aliphatic rings. The van der Waals surface area contributed by atoms with Gasteiger partial charge in [-0.1, -0.05) is 55.0 Å². The molecule has 9 heteroatoms. The van der Waals surface area contributed by atoms with E-state index in [0.717, 1.165) is 5.56 Å². The fraction of sp³-hybridized carbons (Fsp3) is 0.519. The Morgan fingerprint density at radius 2 is 1.83 bits per heavy atom. The zero-order valence-corrected chi connectivity index (χ0v) is 22.6. The Morgan fingerprint density at radius 3 is 2.50 bits per heavy atom. The zero-order valence-electron chi connectivity index (χ0n) is 21.0. The van der Waals surface area contributed by atoms with Gasteiger partial charge in [-0.15, -0.1) is 11.8 Å². The molecule has 6 atom stereocenters. The fourth-order valence-electron chi connectivity index (χ4n) is 6.56. The number of hydrogen-bond acceptors (Lipinski definition) is 5. The van der Waals surface area contributed by atoms with Crippen LogP contribution in [0.1, 0.15) is 25.8 Å². The molecular formula is C27H32ClN3O4S. The van der Waals surface area contributed by atoms with Crippen LogP contribution in [0.25, 0.3) is 0 Å². The topological polar surface area (TPSA) is 81.2 Å². The smallest absolute Gasteiger partial charge is 0.251 e.